The van der Waals surface area contributed by atoms with Gasteiger partial charge >= 0.3 is 0 Å². The van der Waals surface area contributed by atoms with Crippen LogP contribution in [0.2, 0.25) is 0 Å². The summed E-state index contributed by atoms with van der Waals surface area (Å²) in [6.07, 6.45) is 4.25. The molecule has 0 atom stereocenters. The lowest BCUT2D eigenvalue weighted by Gasteiger charge is -2.49. The molecule has 106 valence electrons. The highest BCUT2D eigenvalue weighted by Gasteiger charge is 2.41. The molecule has 1 fully saturated rings. The van der Waals surface area contributed by atoms with Crippen LogP contribution in [-0.4, -0.2) is 60.6 Å². The average Bonchev–Trinajstić information content (AvgIpc) is 2.33. The summed E-state index contributed by atoms with van der Waals surface area (Å²) < 4.78 is 0. The second-order valence-corrected chi connectivity index (χ2v) is 5.73. The van der Waals surface area contributed by atoms with Crippen LogP contribution in [-0.2, 0) is 9.59 Å². The number of likely N-dealkylation sites (N-methyl/N-ethyl adjacent to an activating group) is 2. The normalized spacial score (nSPS) is 21.5. The number of hydrogen-bond acceptors (Lipinski definition) is 4. The van der Waals surface area contributed by atoms with E-state index in [1.807, 2.05) is 7.05 Å². The van der Waals surface area contributed by atoms with Crippen molar-refractivity contribution < 1.29 is 9.59 Å². The molecule has 1 aliphatic carbocycles. The fourth-order valence-corrected chi connectivity index (χ4v) is 2.69. The van der Waals surface area contributed by atoms with Crippen molar-refractivity contribution in [3.63, 3.8) is 0 Å². The molecule has 1 N–H and O–H groups in total. The molecule has 0 spiro atoms. The first kappa shape index (κ1) is 14.0. The summed E-state index contributed by atoms with van der Waals surface area (Å²) in [6.45, 7) is 0.714. The number of nitrogens with zero attached hydrogens (tertiary/aromatic N) is 3. The van der Waals surface area contributed by atoms with Gasteiger partial charge < -0.3 is 9.80 Å². The molecule has 0 radical (unpaired) electrons. The Morgan fingerprint density at radius 2 is 2.00 bits per heavy atom. The number of carbonyl (C=O) groups is 2. The lowest BCUT2D eigenvalue weighted by Crippen LogP contribution is -2.58. The van der Waals surface area contributed by atoms with Crippen molar-refractivity contribution in [2.24, 2.45) is 5.10 Å². The van der Waals surface area contributed by atoms with E-state index < -0.39 is 0 Å². The van der Waals surface area contributed by atoms with Crippen molar-refractivity contribution in [3.8, 4) is 0 Å². The van der Waals surface area contributed by atoms with Crippen molar-refractivity contribution in [1.29, 1.82) is 0 Å². The standard InChI is InChI=1S/C13H22N4O2/c1-16(2)13(7-4-8-13)9-17(3)12(19)10-5-6-11(18)15-14-10/h4-9H2,1-3H3,(H,15,18). The number of rotatable bonds is 4. The van der Waals surface area contributed by atoms with Gasteiger partial charge in [0, 0.05) is 32.0 Å². The van der Waals surface area contributed by atoms with E-state index in [4.69, 9.17) is 0 Å². The summed E-state index contributed by atoms with van der Waals surface area (Å²) in [4.78, 5) is 27.2. The van der Waals surface area contributed by atoms with Gasteiger partial charge in [0.25, 0.3) is 5.91 Å². The molecule has 0 saturated heterocycles. The maximum Gasteiger partial charge on any atom is 0.269 e. The minimum Gasteiger partial charge on any atom is -0.339 e. The van der Waals surface area contributed by atoms with E-state index in [9.17, 15) is 9.59 Å². The lowest BCUT2D eigenvalue weighted by atomic mass is 9.75. The Bertz CT molecular complexity index is 413. The molecule has 19 heavy (non-hydrogen) atoms. The van der Waals surface area contributed by atoms with Crippen LogP contribution in [0, 0.1) is 0 Å². The van der Waals surface area contributed by atoms with Gasteiger partial charge in [0.15, 0.2) is 0 Å². The number of amides is 2. The van der Waals surface area contributed by atoms with Gasteiger partial charge in [-0.2, -0.15) is 5.10 Å². The van der Waals surface area contributed by atoms with Crippen LogP contribution in [0.4, 0.5) is 0 Å². The minimum atomic E-state index is -0.122. The quantitative estimate of drug-likeness (QED) is 0.790. The second-order valence-electron chi connectivity index (χ2n) is 5.73. The predicted molar refractivity (Wildman–Crippen MR) is 72.7 cm³/mol. The maximum absolute atomic E-state index is 12.3. The highest BCUT2D eigenvalue weighted by molar-refractivity contribution is 6.39. The summed E-state index contributed by atoms with van der Waals surface area (Å²) in [6, 6.07) is 0. The first-order valence-electron chi connectivity index (χ1n) is 6.73. The van der Waals surface area contributed by atoms with Crippen LogP contribution >= 0.6 is 0 Å². The van der Waals surface area contributed by atoms with Gasteiger partial charge in [0.1, 0.15) is 5.71 Å². The van der Waals surface area contributed by atoms with Crippen molar-refractivity contribution >= 4 is 17.5 Å². The minimum absolute atomic E-state index is 0.0758. The smallest absolute Gasteiger partial charge is 0.269 e. The van der Waals surface area contributed by atoms with Crippen LogP contribution in [0.15, 0.2) is 5.10 Å². The zero-order valence-electron chi connectivity index (χ0n) is 11.9. The van der Waals surface area contributed by atoms with Gasteiger partial charge in [-0.15, -0.1) is 0 Å². The number of hydrogen-bond donors (Lipinski definition) is 1. The molecular formula is C13H22N4O2. The summed E-state index contributed by atoms with van der Waals surface area (Å²) in [7, 11) is 5.94. The van der Waals surface area contributed by atoms with E-state index in [-0.39, 0.29) is 17.4 Å². The number of hydrazone groups is 1. The third kappa shape index (κ3) is 2.78. The van der Waals surface area contributed by atoms with E-state index >= 15 is 0 Å². The molecule has 0 unspecified atom stereocenters. The van der Waals surface area contributed by atoms with Gasteiger partial charge in [0.05, 0.1) is 0 Å². The monoisotopic (exact) mass is 266 g/mol. The van der Waals surface area contributed by atoms with Crippen molar-refractivity contribution in [2.45, 2.75) is 37.6 Å². The van der Waals surface area contributed by atoms with E-state index in [2.05, 4.69) is 29.5 Å². The molecule has 0 aromatic heterocycles. The van der Waals surface area contributed by atoms with Crippen molar-refractivity contribution in [2.75, 3.05) is 27.7 Å². The molecule has 1 heterocycles. The number of nitrogens with one attached hydrogen (secondary N) is 1. The molecule has 0 bridgehead atoms. The summed E-state index contributed by atoms with van der Waals surface area (Å²) in [5.41, 5.74) is 2.94. The van der Waals surface area contributed by atoms with Gasteiger partial charge in [-0.1, -0.05) is 0 Å². The van der Waals surface area contributed by atoms with Gasteiger partial charge in [-0.25, -0.2) is 5.43 Å². The molecule has 6 nitrogen and oxygen atoms in total. The average molecular weight is 266 g/mol. The first-order chi connectivity index (χ1) is 8.94. The second kappa shape index (κ2) is 5.28. The summed E-state index contributed by atoms with van der Waals surface area (Å²) in [5, 5.41) is 3.86. The fraction of sp³-hybridized carbons (Fsp3) is 0.769. The Hall–Kier alpha value is -1.43. The summed E-state index contributed by atoms with van der Waals surface area (Å²) >= 11 is 0. The lowest BCUT2D eigenvalue weighted by molar-refractivity contribution is -0.126. The first-order valence-corrected chi connectivity index (χ1v) is 6.73. The molecular weight excluding hydrogens is 244 g/mol. The van der Waals surface area contributed by atoms with E-state index in [0.29, 0.717) is 25.1 Å². The molecule has 1 aliphatic heterocycles. The largest absolute Gasteiger partial charge is 0.339 e. The number of carbonyl (C=O) groups excluding carboxylic acids is 2. The van der Waals surface area contributed by atoms with Crippen LogP contribution in [0.3, 0.4) is 0 Å². The molecule has 2 rings (SSSR count). The molecule has 0 aromatic rings. The topological polar surface area (TPSA) is 65.0 Å². The van der Waals surface area contributed by atoms with Gasteiger partial charge in [0.2, 0.25) is 5.91 Å². The van der Waals surface area contributed by atoms with Gasteiger partial charge in [-0.3, -0.25) is 9.59 Å². The maximum atomic E-state index is 12.3. The molecule has 2 amide bonds. The molecule has 0 aromatic carbocycles. The Labute approximate surface area is 113 Å². The third-order valence-corrected chi connectivity index (χ3v) is 4.26. The van der Waals surface area contributed by atoms with Gasteiger partial charge in [-0.05, 0) is 33.4 Å². The van der Waals surface area contributed by atoms with Crippen molar-refractivity contribution in [3.05, 3.63) is 0 Å². The predicted octanol–water partition coefficient (Wildman–Crippen LogP) is 0.195. The Morgan fingerprint density at radius 3 is 2.42 bits per heavy atom. The van der Waals surface area contributed by atoms with Crippen LogP contribution in [0.5, 0.6) is 0 Å². The fourth-order valence-electron chi connectivity index (χ4n) is 2.69. The van der Waals surface area contributed by atoms with Crippen LogP contribution in [0.1, 0.15) is 32.1 Å². The van der Waals surface area contributed by atoms with E-state index in [1.165, 1.54) is 6.42 Å². The van der Waals surface area contributed by atoms with E-state index in [1.54, 1.807) is 4.90 Å². The zero-order valence-corrected chi connectivity index (χ0v) is 11.9. The zero-order chi connectivity index (χ0) is 14.0. The Balaban J connectivity index is 1.98. The Morgan fingerprint density at radius 1 is 1.32 bits per heavy atom. The third-order valence-electron chi connectivity index (χ3n) is 4.26. The molecule has 6 heteroatoms. The SMILES string of the molecule is CN(CC1(N(C)C)CCC1)C(=O)C1=NNC(=O)CC1. The Kier molecular flexibility index (Phi) is 3.89. The molecule has 2 aliphatic rings. The highest BCUT2D eigenvalue weighted by Crippen LogP contribution is 2.36. The molecule has 1 saturated carbocycles. The van der Waals surface area contributed by atoms with E-state index in [0.717, 1.165) is 12.8 Å². The summed E-state index contributed by atoms with van der Waals surface area (Å²) in [5.74, 6) is -0.198. The van der Waals surface area contributed by atoms with Crippen LogP contribution < -0.4 is 5.43 Å². The van der Waals surface area contributed by atoms with Crippen molar-refractivity contribution in [1.82, 2.24) is 15.2 Å². The van der Waals surface area contributed by atoms with Crippen LogP contribution in [0.25, 0.3) is 0 Å². The highest BCUT2D eigenvalue weighted by atomic mass is 16.2.